The van der Waals surface area contributed by atoms with Crippen LogP contribution in [-0.4, -0.2) is 57.2 Å². The Kier molecular flexibility index (Phi) is 6.25. The number of urea groups is 1. The summed E-state index contributed by atoms with van der Waals surface area (Å²) in [5, 5.41) is 13.1. The van der Waals surface area contributed by atoms with Crippen molar-refractivity contribution < 1.29 is 9.59 Å². The molecular weight excluding hydrogens is 444 g/mol. The van der Waals surface area contributed by atoms with Gasteiger partial charge in [-0.05, 0) is 37.6 Å². The van der Waals surface area contributed by atoms with E-state index < -0.39 is 0 Å². The molecule has 3 amide bonds. The van der Waals surface area contributed by atoms with E-state index in [1.807, 2.05) is 61.5 Å². The van der Waals surface area contributed by atoms with Crippen LogP contribution in [0.3, 0.4) is 0 Å². The number of rotatable bonds is 6. The average Bonchev–Trinajstić information content (AvgIpc) is 3.50. The first-order valence-corrected chi connectivity index (χ1v) is 11.6. The molecule has 0 spiro atoms. The number of amides is 3. The molecule has 10 heteroatoms. The Morgan fingerprint density at radius 3 is 2.71 bits per heavy atom. The Morgan fingerprint density at radius 1 is 1.03 bits per heavy atom. The maximum Gasteiger partial charge on any atom is 0.320 e. The molecule has 35 heavy (non-hydrogen) atoms. The number of benzene rings is 1. The largest absolute Gasteiger partial charge is 0.353 e. The van der Waals surface area contributed by atoms with Crippen molar-refractivity contribution in [1.82, 2.24) is 30.2 Å². The van der Waals surface area contributed by atoms with Gasteiger partial charge in [0.25, 0.3) is 5.91 Å². The van der Waals surface area contributed by atoms with Crippen LogP contribution >= 0.6 is 0 Å². The van der Waals surface area contributed by atoms with E-state index in [9.17, 15) is 9.59 Å². The molecule has 0 bridgehead atoms. The topological polar surface area (TPSA) is 117 Å². The number of fused-ring (bicyclic) bond motifs is 1. The lowest BCUT2D eigenvalue weighted by molar-refractivity contribution is 0.0935. The molecule has 1 saturated heterocycles. The van der Waals surface area contributed by atoms with Crippen LogP contribution in [0.5, 0.6) is 0 Å². The van der Waals surface area contributed by atoms with Gasteiger partial charge in [0.15, 0.2) is 11.5 Å². The van der Waals surface area contributed by atoms with E-state index in [1.54, 1.807) is 16.8 Å². The van der Waals surface area contributed by atoms with E-state index in [4.69, 9.17) is 0 Å². The number of aromatic nitrogens is 4. The molecule has 1 aliphatic heterocycles. The minimum absolute atomic E-state index is 0.0140. The van der Waals surface area contributed by atoms with Gasteiger partial charge in [0.05, 0.1) is 11.9 Å². The first kappa shape index (κ1) is 22.3. The van der Waals surface area contributed by atoms with E-state index in [1.165, 1.54) is 0 Å². The Morgan fingerprint density at radius 2 is 1.89 bits per heavy atom. The van der Waals surface area contributed by atoms with E-state index >= 15 is 0 Å². The molecule has 10 nitrogen and oxygen atoms in total. The first-order valence-electron chi connectivity index (χ1n) is 11.6. The highest BCUT2D eigenvalue weighted by Gasteiger charge is 2.26. The molecule has 4 aromatic rings. The molecule has 1 aromatic carbocycles. The van der Waals surface area contributed by atoms with E-state index in [0.717, 1.165) is 30.0 Å². The molecule has 3 aromatic heterocycles. The van der Waals surface area contributed by atoms with Gasteiger partial charge in [-0.15, -0.1) is 5.10 Å². The third-order valence-electron chi connectivity index (χ3n) is 5.78. The maximum atomic E-state index is 12.9. The van der Waals surface area contributed by atoms with E-state index in [2.05, 4.69) is 35.9 Å². The van der Waals surface area contributed by atoms with Crippen LogP contribution in [0, 0.1) is 0 Å². The lowest BCUT2D eigenvalue weighted by Gasteiger charge is -2.18. The molecule has 178 valence electrons. The zero-order chi connectivity index (χ0) is 24.2. The summed E-state index contributed by atoms with van der Waals surface area (Å²) in [5.74, 6) is 1.02. The fourth-order valence-corrected chi connectivity index (χ4v) is 4.10. The lowest BCUT2D eigenvalue weighted by Crippen LogP contribution is -2.37. The maximum absolute atomic E-state index is 12.9. The van der Waals surface area contributed by atoms with E-state index in [-0.39, 0.29) is 18.0 Å². The smallest absolute Gasteiger partial charge is 0.320 e. The third kappa shape index (κ3) is 5.06. The minimum atomic E-state index is -0.307. The molecule has 3 N–H and O–H groups in total. The number of hydrogen-bond acceptors (Lipinski definition) is 6. The molecule has 1 atom stereocenters. The average molecular weight is 471 g/mol. The predicted octanol–water partition coefficient (Wildman–Crippen LogP) is 2.94. The summed E-state index contributed by atoms with van der Waals surface area (Å²) in [4.78, 5) is 35.7. The Hall–Kier alpha value is -4.47. The normalized spacial score (nSPS) is 15.2. The first-order chi connectivity index (χ1) is 17.1. The van der Waals surface area contributed by atoms with Gasteiger partial charge in [0.1, 0.15) is 11.5 Å². The van der Waals surface area contributed by atoms with Gasteiger partial charge in [-0.3, -0.25) is 10.1 Å². The number of pyridine rings is 1. The fourth-order valence-electron chi connectivity index (χ4n) is 4.10. The lowest BCUT2D eigenvalue weighted by atomic mass is 10.1. The van der Waals surface area contributed by atoms with Crippen LogP contribution in [0.1, 0.15) is 23.8 Å². The van der Waals surface area contributed by atoms with Crippen molar-refractivity contribution in [1.29, 1.82) is 0 Å². The van der Waals surface area contributed by atoms with Gasteiger partial charge in [0.2, 0.25) is 0 Å². The highest BCUT2D eigenvalue weighted by atomic mass is 16.2. The van der Waals surface area contributed by atoms with Crippen LogP contribution in [-0.2, 0) is 0 Å². The highest BCUT2D eigenvalue weighted by molar-refractivity contribution is 5.93. The van der Waals surface area contributed by atoms with Crippen LogP contribution < -0.4 is 20.9 Å². The standard InChI is InChI=1S/C25H26N8O2/c1-2-26-25(35)30-21-16-33-22(29-21)11-12-23(31-33)32-14-13-18(15-32)27-24(34)20-10-6-9-19(28-20)17-7-4-3-5-8-17/h3-12,16,18H,2,13-15H2,1H3,(H,27,34)(H2,26,30,35)/t18-/m0/s1. The number of imidazole rings is 1. The summed E-state index contributed by atoms with van der Waals surface area (Å²) in [6.45, 7) is 3.78. The molecule has 0 aliphatic carbocycles. The van der Waals surface area contributed by atoms with Crippen LogP contribution in [0.4, 0.5) is 16.4 Å². The number of nitrogens with one attached hydrogen (secondary N) is 3. The van der Waals surface area contributed by atoms with Crippen molar-refractivity contribution in [3.05, 3.63) is 72.6 Å². The van der Waals surface area contributed by atoms with Crippen molar-refractivity contribution in [3.63, 3.8) is 0 Å². The SMILES string of the molecule is CCNC(=O)Nc1cn2nc(N3CC[C@H](NC(=O)c4cccc(-c5ccccc5)n4)C3)ccc2n1. The van der Waals surface area contributed by atoms with Gasteiger partial charge in [-0.1, -0.05) is 36.4 Å². The number of carbonyl (C=O) groups is 2. The van der Waals surface area contributed by atoms with E-state index in [0.29, 0.717) is 30.2 Å². The minimum Gasteiger partial charge on any atom is -0.353 e. The van der Waals surface area contributed by atoms with Gasteiger partial charge in [-0.2, -0.15) is 0 Å². The third-order valence-corrected chi connectivity index (χ3v) is 5.78. The molecule has 1 aliphatic rings. The monoisotopic (exact) mass is 470 g/mol. The number of nitrogens with zero attached hydrogens (tertiary/aromatic N) is 5. The Labute approximate surface area is 202 Å². The van der Waals surface area contributed by atoms with Gasteiger partial charge < -0.3 is 15.5 Å². The summed E-state index contributed by atoms with van der Waals surface area (Å²) in [7, 11) is 0. The second-order valence-electron chi connectivity index (χ2n) is 8.28. The fraction of sp³-hybridized carbons (Fsp3) is 0.240. The van der Waals surface area contributed by atoms with Crippen molar-refractivity contribution in [2.45, 2.75) is 19.4 Å². The van der Waals surface area contributed by atoms with Crippen molar-refractivity contribution in [2.75, 3.05) is 29.9 Å². The van der Waals surface area contributed by atoms with Gasteiger partial charge in [-0.25, -0.2) is 19.3 Å². The summed E-state index contributed by atoms with van der Waals surface area (Å²) in [5.41, 5.74) is 2.77. The molecule has 1 fully saturated rings. The van der Waals surface area contributed by atoms with Crippen LogP contribution in [0.2, 0.25) is 0 Å². The molecule has 0 saturated carbocycles. The van der Waals surface area contributed by atoms with Crippen LogP contribution in [0.15, 0.2) is 66.9 Å². The molecular formula is C25H26N8O2. The summed E-state index contributed by atoms with van der Waals surface area (Å²) >= 11 is 0. The van der Waals surface area contributed by atoms with Crippen LogP contribution in [0.25, 0.3) is 16.9 Å². The number of anilines is 2. The Bertz CT molecular complexity index is 1350. The van der Waals surface area contributed by atoms with Crippen molar-refractivity contribution >= 4 is 29.2 Å². The Balaban J connectivity index is 1.23. The zero-order valence-corrected chi connectivity index (χ0v) is 19.3. The van der Waals surface area contributed by atoms with Crippen molar-refractivity contribution in [2.24, 2.45) is 0 Å². The molecule has 4 heterocycles. The van der Waals surface area contributed by atoms with Gasteiger partial charge in [0, 0.05) is 31.2 Å². The highest BCUT2D eigenvalue weighted by Crippen LogP contribution is 2.20. The summed E-state index contributed by atoms with van der Waals surface area (Å²) < 4.78 is 1.64. The zero-order valence-electron chi connectivity index (χ0n) is 19.3. The molecule has 0 unspecified atom stereocenters. The summed E-state index contributed by atoms with van der Waals surface area (Å²) in [6.07, 6.45) is 2.48. The summed E-state index contributed by atoms with van der Waals surface area (Å²) in [6, 6.07) is 18.7. The second kappa shape index (κ2) is 9.80. The quantitative estimate of drug-likeness (QED) is 0.399. The molecule has 0 radical (unpaired) electrons. The van der Waals surface area contributed by atoms with Gasteiger partial charge >= 0.3 is 6.03 Å². The predicted molar refractivity (Wildman–Crippen MR) is 133 cm³/mol. The molecule has 5 rings (SSSR count). The second-order valence-corrected chi connectivity index (χ2v) is 8.28. The number of hydrogen-bond donors (Lipinski definition) is 3. The van der Waals surface area contributed by atoms with Crippen molar-refractivity contribution in [3.8, 4) is 11.3 Å². The number of carbonyl (C=O) groups excluding carboxylic acids is 2.